The zero-order valence-electron chi connectivity index (χ0n) is 9.62. The molecule has 2 rings (SSSR count). The van der Waals surface area contributed by atoms with Crippen LogP contribution in [0.5, 0.6) is 0 Å². The molecule has 1 aromatic rings. The summed E-state index contributed by atoms with van der Waals surface area (Å²) in [6, 6.07) is 0. The lowest BCUT2D eigenvalue weighted by molar-refractivity contribution is 0.0483. The van der Waals surface area contributed by atoms with Gasteiger partial charge >= 0.3 is 0 Å². The quantitative estimate of drug-likeness (QED) is 0.716. The van der Waals surface area contributed by atoms with Gasteiger partial charge in [-0.2, -0.15) is 0 Å². The van der Waals surface area contributed by atoms with E-state index in [9.17, 15) is 0 Å². The van der Waals surface area contributed by atoms with Crippen molar-refractivity contribution >= 4 is 22.9 Å². The number of hydrogen-bond donors (Lipinski definition) is 0. The smallest absolute Gasteiger partial charge is 0.122 e. The number of hydrogen-bond acceptors (Lipinski definition) is 3. The highest BCUT2D eigenvalue weighted by atomic mass is 35.5. The van der Waals surface area contributed by atoms with E-state index in [1.165, 1.54) is 25.7 Å². The molecule has 0 bridgehead atoms. The monoisotopic (exact) mass is 259 g/mol. The van der Waals surface area contributed by atoms with Crippen LogP contribution in [0, 0.1) is 5.92 Å². The summed E-state index contributed by atoms with van der Waals surface area (Å²) in [5.41, 5.74) is 0.955. The lowest BCUT2D eigenvalue weighted by atomic mass is 9.83. The van der Waals surface area contributed by atoms with Crippen LogP contribution < -0.4 is 0 Å². The summed E-state index contributed by atoms with van der Waals surface area (Å²) in [6.07, 6.45) is 5.52. The summed E-state index contributed by atoms with van der Waals surface area (Å²) in [5.74, 6) is 1.41. The van der Waals surface area contributed by atoms with Crippen molar-refractivity contribution in [2.45, 2.75) is 44.6 Å². The molecule has 1 aliphatic rings. The number of thiazole rings is 1. The number of aromatic nitrogens is 1. The van der Waals surface area contributed by atoms with Gasteiger partial charge < -0.3 is 4.74 Å². The van der Waals surface area contributed by atoms with E-state index in [2.05, 4.69) is 11.9 Å². The van der Waals surface area contributed by atoms with Crippen molar-refractivity contribution < 1.29 is 4.74 Å². The van der Waals surface area contributed by atoms with E-state index in [1.807, 2.05) is 5.38 Å². The van der Waals surface area contributed by atoms with Gasteiger partial charge in [-0.1, -0.05) is 19.3 Å². The summed E-state index contributed by atoms with van der Waals surface area (Å²) in [5, 5.41) is 3.05. The lowest BCUT2D eigenvalue weighted by Gasteiger charge is -2.25. The van der Waals surface area contributed by atoms with Gasteiger partial charge in [0, 0.05) is 12.0 Å². The fourth-order valence-electron chi connectivity index (χ4n) is 1.83. The van der Waals surface area contributed by atoms with Gasteiger partial charge in [0.25, 0.3) is 0 Å². The molecule has 16 heavy (non-hydrogen) atoms. The van der Waals surface area contributed by atoms with Crippen LogP contribution in [0.1, 0.15) is 49.4 Å². The van der Waals surface area contributed by atoms with E-state index >= 15 is 0 Å². The van der Waals surface area contributed by atoms with Gasteiger partial charge in [0.1, 0.15) is 11.1 Å². The largest absolute Gasteiger partial charge is 0.371 e. The Balaban J connectivity index is 1.71. The molecule has 90 valence electrons. The Labute approximate surface area is 106 Å². The number of halogens is 1. The average Bonchev–Trinajstić information content (AvgIpc) is 2.69. The maximum Gasteiger partial charge on any atom is 0.122 e. The standard InChI is InChI=1S/C12H18ClNOS/c1-9(12-14-11(7-13)8-16-12)15-6-5-10-3-2-4-10/h8-10H,2-7H2,1H3. The minimum atomic E-state index is 0.113. The summed E-state index contributed by atoms with van der Waals surface area (Å²) < 4.78 is 5.80. The number of alkyl halides is 1. The van der Waals surface area contributed by atoms with Crippen LogP contribution in [0.2, 0.25) is 0 Å². The predicted molar refractivity (Wildman–Crippen MR) is 68.0 cm³/mol. The Hall–Kier alpha value is -0.120. The number of ether oxygens (including phenoxy) is 1. The molecule has 0 N–H and O–H groups in total. The minimum absolute atomic E-state index is 0.113. The predicted octanol–water partition coefficient (Wildman–Crippen LogP) is 4.15. The van der Waals surface area contributed by atoms with Gasteiger partial charge in [-0.05, 0) is 19.3 Å². The molecule has 0 aromatic carbocycles. The normalized spacial score (nSPS) is 18.4. The average molecular weight is 260 g/mol. The first kappa shape index (κ1) is 12.3. The molecular formula is C12H18ClNOS. The third-order valence-corrected chi connectivity index (χ3v) is 4.50. The first-order chi connectivity index (χ1) is 7.79. The van der Waals surface area contributed by atoms with E-state index in [0.29, 0.717) is 5.88 Å². The molecule has 0 radical (unpaired) electrons. The van der Waals surface area contributed by atoms with E-state index in [4.69, 9.17) is 16.3 Å². The molecule has 0 aliphatic heterocycles. The Morgan fingerprint density at radius 3 is 3.00 bits per heavy atom. The second-order valence-corrected chi connectivity index (χ2v) is 5.57. The summed E-state index contributed by atoms with van der Waals surface area (Å²) in [6.45, 7) is 2.93. The first-order valence-corrected chi connectivity index (χ1v) is 7.33. The molecule has 1 heterocycles. The van der Waals surface area contributed by atoms with Gasteiger partial charge in [-0.15, -0.1) is 22.9 Å². The highest BCUT2D eigenvalue weighted by Gasteiger charge is 2.18. The van der Waals surface area contributed by atoms with Crippen molar-refractivity contribution in [3.05, 3.63) is 16.1 Å². The zero-order chi connectivity index (χ0) is 11.4. The van der Waals surface area contributed by atoms with Crippen LogP contribution in [0.25, 0.3) is 0 Å². The van der Waals surface area contributed by atoms with Crippen LogP contribution in [-0.2, 0) is 10.6 Å². The van der Waals surface area contributed by atoms with Gasteiger partial charge in [0.05, 0.1) is 11.6 Å². The molecule has 0 amide bonds. The summed E-state index contributed by atoms with van der Waals surface area (Å²) >= 11 is 7.36. The maximum atomic E-state index is 5.80. The van der Waals surface area contributed by atoms with E-state index in [1.54, 1.807) is 11.3 Å². The summed E-state index contributed by atoms with van der Waals surface area (Å²) in [7, 11) is 0. The SMILES string of the molecule is CC(OCCC1CCC1)c1nc(CCl)cs1. The van der Waals surface area contributed by atoms with Crippen LogP contribution >= 0.6 is 22.9 Å². The Bertz CT molecular complexity index is 325. The van der Waals surface area contributed by atoms with Crippen molar-refractivity contribution in [1.29, 1.82) is 0 Å². The first-order valence-electron chi connectivity index (χ1n) is 5.91. The molecule has 1 aliphatic carbocycles. The highest BCUT2D eigenvalue weighted by Crippen LogP contribution is 2.30. The fraction of sp³-hybridized carbons (Fsp3) is 0.750. The third-order valence-electron chi connectivity index (χ3n) is 3.17. The van der Waals surface area contributed by atoms with Crippen molar-refractivity contribution in [3.63, 3.8) is 0 Å². The van der Waals surface area contributed by atoms with Gasteiger partial charge in [0.2, 0.25) is 0 Å². The third kappa shape index (κ3) is 3.19. The van der Waals surface area contributed by atoms with Crippen molar-refractivity contribution in [2.75, 3.05) is 6.61 Å². The number of rotatable bonds is 6. The zero-order valence-corrected chi connectivity index (χ0v) is 11.2. The molecular weight excluding hydrogens is 242 g/mol. The molecule has 0 spiro atoms. The maximum absolute atomic E-state index is 5.80. The van der Waals surface area contributed by atoms with Crippen LogP contribution in [-0.4, -0.2) is 11.6 Å². The second-order valence-electron chi connectivity index (χ2n) is 4.41. The molecule has 4 heteroatoms. The van der Waals surface area contributed by atoms with Crippen LogP contribution in [0.15, 0.2) is 5.38 Å². The fourth-order valence-corrected chi connectivity index (χ4v) is 2.89. The van der Waals surface area contributed by atoms with E-state index in [-0.39, 0.29) is 6.10 Å². The van der Waals surface area contributed by atoms with Crippen molar-refractivity contribution in [1.82, 2.24) is 4.98 Å². The minimum Gasteiger partial charge on any atom is -0.371 e. The van der Waals surface area contributed by atoms with Crippen molar-refractivity contribution in [2.24, 2.45) is 5.92 Å². The summed E-state index contributed by atoms with van der Waals surface area (Å²) in [4.78, 5) is 4.42. The lowest BCUT2D eigenvalue weighted by Crippen LogP contribution is -2.14. The van der Waals surface area contributed by atoms with E-state index in [0.717, 1.165) is 23.2 Å². The van der Waals surface area contributed by atoms with Gasteiger partial charge in [0.15, 0.2) is 0 Å². The van der Waals surface area contributed by atoms with E-state index < -0.39 is 0 Å². The Kier molecular flexibility index (Phi) is 4.62. The molecule has 1 aromatic heterocycles. The molecule has 0 saturated heterocycles. The molecule has 1 unspecified atom stereocenters. The molecule has 1 saturated carbocycles. The molecule has 1 atom stereocenters. The Morgan fingerprint density at radius 1 is 1.62 bits per heavy atom. The second kappa shape index (κ2) is 5.99. The topological polar surface area (TPSA) is 22.1 Å². The molecule has 1 fully saturated rings. The Morgan fingerprint density at radius 2 is 2.44 bits per heavy atom. The van der Waals surface area contributed by atoms with Gasteiger partial charge in [-0.25, -0.2) is 4.98 Å². The number of nitrogens with zero attached hydrogens (tertiary/aromatic N) is 1. The van der Waals surface area contributed by atoms with Crippen LogP contribution in [0.3, 0.4) is 0 Å². The van der Waals surface area contributed by atoms with Crippen molar-refractivity contribution in [3.8, 4) is 0 Å². The van der Waals surface area contributed by atoms with Gasteiger partial charge in [-0.3, -0.25) is 0 Å². The highest BCUT2D eigenvalue weighted by molar-refractivity contribution is 7.09. The molecule has 2 nitrogen and oxygen atoms in total. The van der Waals surface area contributed by atoms with Crippen LogP contribution in [0.4, 0.5) is 0 Å².